The molecule has 0 saturated carbocycles. The van der Waals surface area contributed by atoms with Gasteiger partial charge < -0.3 is 11.1 Å². The molecule has 1 heterocycles. The van der Waals surface area contributed by atoms with Gasteiger partial charge in [0.05, 0.1) is 10.6 Å². The van der Waals surface area contributed by atoms with Crippen molar-refractivity contribution in [2.24, 2.45) is 5.92 Å². The Morgan fingerprint density at radius 2 is 2.11 bits per heavy atom. The molecule has 0 aliphatic rings. The van der Waals surface area contributed by atoms with Gasteiger partial charge in [0, 0.05) is 12.5 Å². The molecule has 0 aliphatic carbocycles. The van der Waals surface area contributed by atoms with Crippen molar-refractivity contribution in [2.75, 3.05) is 11.1 Å². The summed E-state index contributed by atoms with van der Waals surface area (Å²) in [5, 5.41) is 13.1. The maximum Gasteiger partial charge on any atom is 0.174 e. The van der Waals surface area contributed by atoms with Crippen LogP contribution in [0, 0.1) is 17.2 Å². The number of hydrogen-bond acceptors (Lipinski definition) is 5. The lowest BCUT2D eigenvalue weighted by molar-refractivity contribution is 0.0993. The number of rotatable bonds is 5. The summed E-state index contributed by atoms with van der Waals surface area (Å²) in [6.45, 7) is 8.03. The van der Waals surface area contributed by atoms with Gasteiger partial charge in [0.2, 0.25) is 0 Å². The quantitative estimate of drug-likeness (QED) is 0.801. The van der Waals surface area contributed by atoms with Gasteiger partial charge in [-0.15, -0.1) is 11.3 Å². The average Bonchev–Trinajstić information content (AvgIpc) is 2.64. The second-order valence-corrected chi connectivity index (χ2v) is 5.64. The highest BCUT2D eigenvalue weighted by atomic mass is 32.1. The highest BCUT2D eigenvalue weighted by Crippen LogP contribution is 2.36. The number of nitrogens with one attached hydrogen (secondary N) is 1. The van der Waals surface area contributed by atoms with Crippen LogP contribution in [0.2, 0.25) is 0 Å². The first-order chi connectivity index (χ1) is 8.42. The topological polar surface area (TPSA) is 78.9 Å². The van der Waals surface area contributed by atoms with E-state index in [0.717, 1.165) is 0 Å². The largest absolute Gasteiger partial charge is 0.396 e. The van der Waals surface area contributed by atoms with Gasteiger partial charge in [0.15, 0.2) is 5.78 Å². The molecular formula is C13H19N3OS. The molecule has 0 radical (unpaired) electrons. The fourth-order valence-corrected chi connectivity index (χ4v) is 2.57. The molecule has 1 aromatic heterocycles. The molecular weight excluding hydrogens is 246 g/mol. The number of thiophene rings is 1. The van der Waals surface area contributed by atoms with Gasteiger partial charge in [-0.05, 0) is 12.8 Å². The molecule has 1 atom stereocenters. The molecule has 18 heavy (non-hydrogen) atoms. The maximum absolute atomic E-state index is 11.7. The maximum atomic E-state index is 11.7. The zero-order chi connectivity index (χ0) is 13.9. The lowest BCUT2D eigenvalue weighted by Gasteiger charge is -2.17. The molecule has 1 rings (SSSR count). The summed E-state index contributed by atoms with van der Waals surface area (Å²) in [6.07, 6.45) is 0.398. The van der Waals surface area contributed by atoms with Crippen LogP contribution in [-0.2, 0) is 0 Å². The van der Waals surface area contributed by atoms with E-state index in [4.69, 9.17) is 11.0 Å². The Kier molecular flexibility index (Phi) is 4.74. The fourth-order valence-electron chi connectivity index (χ4n) is 1.40. The first-order valence-corrected chi connectivity index (χ1v) is 6.86. The summed E-state index contributed by atoms with van der Waals surface area (Å²) in [4.78, 5) is 12.2. The van der Waals surface area contributed by atoms with E-state index in [2.05, 4.69) is 25.2 Å². The van der Waals surface area contributed by atoms with Crippen LogP contribution in [0.3, 0.4) is 0 Å². The van der Waals surface area contributed by atoms with Crippen molar-refractivity contribution in [1.29, 1.82) is 5.26 Å². The number of anilines is 2. The van der Waals surface area contributed by atoms with Gasteiger partial charge in [-0.1, -0.05) is 20.8 Å². The van der Waals surface area contributed by atoms with Crippen LogP contribution >= 0.6 is 11.3 Å². The summed E-state index contributed by atoms with van der Waals surface area (Å²) in [6, 6.07) is 2.30. The lowest BCUT2D eigenvalue weighted by atomic mass is 10.1. The number of Topliss-reactive ketones (excluding diaryl/α,β-unsaturated/α-hetero) is 1. The fraction of sp³-hybridized carbons (Fsp3) is 0.538. The first-order valence-electron chi connectivity index (χ1n) is 6.04. The zero-order valence-electron chi connectivity index (χ0n) is 11.2. The summed E-state index contributed by atoms with van der Waals surface area (Å²) < 4.78 is 0. The van der Waals surface area contributed by atoms with E-state index in [1.54, 1.807) is 6.92 Å². The first kappa shape index (κ1) is 14.5. The van der Waals surface area contributed by atoms with E-state index in [0.29, 0.717) is 33.5 Å². The van der Waals surface area contributed by atoms with Crippen molar-refractivity contribution in [1.82, 2.24) is 0 Å². The second-order valence-electron chi connectivity index (χ2n) is 4.61. The molecule has 98 valence electrons. The standard InChI is InChI=1S/C13H19N3OS/c1-5-10(17)12-11(15)9(6-14)13(18-12)16-8(4)7(2)3/h7-8,16H,5,15H2,1-4H3. The third kappa shape index (κ3) is 2.82. The third-order valence-electron chi connectivity index (χ3n) is 2.99. The molecule has 0 amide bonds. The van der Waals surface area contributed by atoms with Gasteiger partial charge in [0.25, 0.3) is 0 Å². The summed E-state index contributed by atoms with van der Waals surface area (Å²) in [5.74, 6) is 0.421. The van der Waals surface area contributed by atoms with Crippen molar-refractivity contribution in [3.63, 3.8) is 0 Å². The monoisotopic (exact) mass is 265 g/mol. The Morgan fingerprint density at radius 1 is 1.50 bits per heavy atom. The van der Waals surface area contributed by atoms with Crippen LogP contribution in [0.5, 0.6) is 0 Å². The lowest BCUT2D eigenvalue weighted by Crippen LogP contribution is -2.21. The molecule has 0 aromatic carbocycles. The zero-order valence-corrected chi connectivity index (χ0v) is 12.0. The van der Waals surface area contributed by atoms with Crippen LogP contribution in [0.25, 0.3) is 0 Å². The van der Waals surface area contributed by atoms with Crippen LogP contribution in [0.1, 0.15) is 49.4 Å². The van der Waals surface area contributed by atoms with Crippen LogP contribution in [0.15, 0.2) is 0 Å². The van der Waals surface area contributed by atoms with E-state index in [1.165, 1.54) is 11.3 Å². The Morgan fingerprint density at radius 3 is 2.56 bits per heavy atom. The highest BCUT2D eigenvalue weighted by molar-refractivity contribution is 7.19. The van der Waals surface area contributed by atoms with Gasteiger partial charge in [-0.2, -0.15) is 5.26 Å². The molecule has 1 aromatic rings. The van der Waals surface area contributed by atoms with Gasteiger partial charge >= 0.3 is 0 Å². The van der Waals surface area contributed by atoms with E-state index >= 15 is 0 Å². The van der Waals surface area contributed by atoms with E-state index in [9.17, 15) is 4.79 Å². The minimum absolute atomic E-state index is 0.0146. The molecule has 5 heteroatoms. The number of nitrogens with zero attached hydrogens (tertiary/aromatic N) is 1. The molecule has 0 spiro atoms. The number of nitrogen functional groups attached to an aromatic ring is 1. The normalized spacial score (nSPS) is 12.2. The van der Waals surface area contributed by atoms with E-state index in [1.807, 2.05) is 6.92 Å². The molecule has 0 fully saturated rings. The molecule has 0 saturated heterocycles. The van der Waals surface area contributed by atoms with Crippen molar-refractivity contribution in [2.45, 2.75) is 40.2 Å². The summed E-state index contributed by atoms with van der Waals surface area (Å²) >= 11 is 1.28. The van der Waals surface area contributed by atoms with Crippen molar-refractivity contribution < 1.29 is 4.79 Å². The van der Waals surface area contributed by atoms with Gasteiger partial charge in [0.1, 0.15) is 16.6 Å². The highest BCUT2D eigenvalue weighted by Gasteiger charge is 2.21. The van der Waals surface area contributed by atoms with Crippen molar-refractivity contribution in [3.05, 3.63) is 10.4 Å². The van der Waals surface area contributed by atoms with Gasteiger partial charge in [-0.25, -0.2) is 0 Å². The second kappa shape index (κ2) is 5.87. The number of hydrogen-bond donors (Lipinski definition) is 2. The SMILES string of the molecule is CCC(=O)c1sc(NC(C)C(C)C)c(C#N)c1N. The summed E-state index contributed by atoms with van der Waals surface area (Å²) in [7, 11) is 0. The Balaban J connectivity index is 3.13. The van der Waals surface area contributed by atoms with Crippen LogP contribution in [-0.4, -0.2) is 11.8 Å². The molecule has 0 aliphatic heterocycles. The van der Waals surface area contributed by atoms with E-state index in [-0.39, 0.29) is 11.8 Å². The molecule has 0 bridgehead atoms. The Labute approximate surface area is 112 Å². The number of ketones is 1. The number of nitrogens with two attached hydrogens (primary N) is 1. The molecule has 3 N–H and O–H groups in total. The number of carbonyl (C=O) groups is 1. The summed E-state index contributed by atoms with van der Waals surface area (Å²) in [5.41, 5.74) is 6.58. The molecule has 4 nitrogen and oxygen atoms in total. The minimum Gasteiger partial charge on any atom is -0.396 e. The predicted octanol–water partition coefficient (Wildman–Crippen LogP) is 3.25. The van der Waals surface area contributed by atoms with Gasteiger partial charge in [-0.3, -0.25) is 4.79 Å². The third-order valence-corrected chi connectivity index (χ3v) is 4.17. The minimum atomic E-state index is -0.0146. The number of nitriles is 1. The average molecular weight is 265 g/mol. The predicted molar refractivity (Wildman–Crippen MR) is 76.0 cm³/mol. The van der Waals surface area contributed by atoms with Crippen molar-refractivity contribution in [3.8, 4) is 6.07 Å². The van der Waals surface area contributed by atoms with Crippen molar-refractivity contribution >= 4 is 27.8 Å². The van der Waals surface area contributed by atoms with Crippen LogP contribution < -0.4 is 11.1 Å². The smallest absolute Gasteiger partial charge is 0.174 e. The Hall–Kier alpha value is -1.54. The van der Waals surface area contributed by atoms with Crippen LogP contribution in [0.4, 0.5) is 10.7 Å². The molecule has 1 unspecified atom stereocenters. The number of carbonyl (C=O) groups excluding carboxylic acids is 1. The Bertz CT molecular complexity index is 485. The van der Waals surface area contributed by atoms with E-state index < -0.39 is 0 Å².